The first-order valence-corrected chi connectivity index (χ1v) is 13.0. The van der Waals surface area contributed by atoms with E-state index in [-0.39, 0.29) is 34.9 Å². The fourth-order valence-electron chi connectivity index (χ4n) is 3.73. The minimum atomic E-state index is -4.35. The maximum absolute atomic E-state index is 12.6. The van der Waals surface area contributed by atoms with Crippen LogP contribution in [-0.4, -0.2) is 69.0 Å². The van der Waals surface area contributed by atoms with Crippen LogP contribution in [0.15, 0.2) is 52.7 Å². The Labute approximate surface area is 222 Å². The molecule has 3 heterocycles. The number of hydrogen-bond donors (Lipinski definition) is 2. The van der Waals surface area contributed by atoms with Gasteiger partial charge in [0.25, 0.3) is 5.91 Å². The van der Waals surface area contributed by atoms with Gasteiger partial charge in [0.15, 0.2) is 5.13 Å². The van der Waals surface area contributed by atoms with Crippen LogP contribution in [0.25, 0.3) is 11.0 Å². The van der Waals surface area contributed by atoms with Crippen molar-refractivity contribution in [1.82, 2.24) is 25.3 Å². The van der Waals surface area contributed by atoms with Crippen molar-refractivity contribution >= 4 is 57.0 Å². The molecular formula is C23H20F3N7O3S2. The van der Waals surface area contributed by atoms with Crippen LogP contribution in [0.3, 0.4) is 0 Å². The standard InChI is InChI=1S/C23H20F3N7O3S2/c24-23(25,26)38-16-4-1-14(2-5-16)12-36-22(35)33-9-7-32(8-10-33)21-28-19(13-37-21)20(34)27-15-3-6-17-18(11-15)30-31-29-17/h1-6,11,13H,7-10,12H2,(H,27,34)(H,29,30,31). The number of piperazine rings is 1. The summed E-state index contributed by atoms with van der Waals surface area (Å²) in [6.07, 6.45) is -0.498. The molecule has 1 aliphatic heterocycles. The molecule has 2 N–H and O–H groups in total. The van der Waals surface area contributed by atoms with Crippen molar-refractivity contribution in [1.29, 1.82) is 0 Å². The van der Waals surface area contributed by atoms with Crippen molar-refractivity contribution in [3.63, 3.8) is 0 Å². The first kappa shape index (κ1) is 25.8. The van der Waals surface area contributed by atoms with E-state index in [1.165, 1.54) is 35.6 Å². The minimum absolute atomic E-state index is 0.0371. The minimum Gasteiger partial charge on any atom is -0.445 e. The van der Waals surface area contributed by atoms with Gasteiger partial charge in [-0.1, -0.05) is 12.1 Å². The fourth-order valence-corrected chi connectivity index (χ4v) is 5.13. The van der Waals surface area contributed by atoms with Crippen LogP contribution in [-0.2, 0) is 11.3 Å². The van der Waals surface area contributed by atoms with E-state index < -0.39 is 11.6 Å². The van der Waals surface area contributed by atoms with Crippen molar-refractivity contribution in [2.75, 3.05) is 36.4 Å². The van der Waals surface area contributed by atoms with Crippen LogP contribution in [0.2, 0.25) is 0 Å². The first-order chi connectivity index (χ1) is 18.2. The SMILES string of the molecule is O=C(Nc1ccc2n[nH]nc2c1)c1csc(N2CCN(C(=O)OCc3ccc(SC(F)(F)F)cc3)CC2)n1. The van der Waals surface area contributed by atoms with Gasteiger partial charge in [0.1, 0.15) is 23.3 Å². The second-order valence-corrected chi connectivity index (χ2v) is 10.2. The maximum atomic E-state index is 12.6. The summed E-state index contributed by atoms with van der Waals surface area (Å²) in [7, 11) is 0. The molecule has 1 fully saturated rings. The quantitative estimate of drug-likeness (QED) is 0.323. The molecule has 0 aliphatic carbocycles. The monoisotopic (exact) mass is 563 g/mol. The number of thioether (sulfide) groups is 1. The zero-order chi connectivity index (χ0) is 26.7. The molecule has 0 bridgehead atoms. The molecule has 2 aromatic carbocycles. The van der Waals surface area contributed by atoms with E-state index in [9.17, 15) is 22.8 Å². The van der Waals surface area contributed by atoms with E-state index in [2.05, 4.69) is 25.7 Å². The van der Waals surface area contributed by atoms with E-state index in [4.69, 9.17) is 4.74 Å². The lowest BCUT2D eigenvalue weighted by Crippen LogP contribution is -2.48. The Morgan fingerprint density at radius 3 is 2.53 bits per heavy atom. The van der Waals surface area contributed by atoms with Crippen molar-refractivity contribution in [2.24, 2.45) is 0 Å². The molecule has 0 radical (unpaired) electrons. The Bertz CT molecular complexity index is 1430. The lowest BCUT2D eigenvalue weighted by atomic mass is 10.2. The summed E-state index contributed by atoms with van der Waals surface area (Å²) < 4.78 is 42.7. The average Bonchev–Trinajstić information content (AvgIpc) is 3.57. The predicted octanol–water partition coefficient (Wildman–Crippen LogP) is 4.74. The molecular weight excluding hydrogens is 543 g/mol. The topological polar surface area (TPSA) is 116 Å². The Morgan fingerprint density at radius 1 is 1.05 bits per heavy atom. The van der Waals surface area contributed by atoms with Gasteiger partial charge in [-0.2, -0.15) is 28.6 Å². The van der Waals surface area contributed by atoms with Crippen LogP contribution < -0.4 is 10.2 Å². The number of rotatable bonds is 6. The maximum Gasteiger partial charge on any atom is 0.446 e. The highest BCUT2D eigenvalue weighted by Crippen LogP contribution is 2.36. The molecule has 1 saturated heterocycles. The van der Waals surface area contributed by atoms with Gasteiger partial charge in [0.05, 0.1) is 0 Å². The highest BCUT2D eigenvalue weighted by atomic mass is 32.2. The molecule has 0 atom stereocenters. The number of fused-ring (bicyclic) bond motifs is 1. The van der Waals surface area contributed by atoms with Crippen LogP contribution in [0.5, 0.6) is 0 Å². The molecule has 2 amide bonds. The number of halogens is 3. The number of H-pyrrole nitrogens is 1. The van der Waals surface area contributed by atoms with Crippen molar-refractivity contribution < 1.29 is 27.5 Å². The summed E-state index contributed by atoms with van der Waals surface area (Å²) in [6, 6.07) is 10.9. The van der Waals surface area contributed by atoms with E-state index in [0.29, 0.717) is 53.6 Å². The highest BCUT2D eigenvalue weighted by Gasteiger charge is 2.29. The number of amides is 2. The summed E-state index contributed by atoms with van der Waals surface area (Å²) in [5.74, 6) is -0.345. The first-order valence-electron chi connectivity index (χ1n) is 11.3. The molecule has 1 aliphatic rings. The normalized spacial score (nSPS) is 14.1. The van der Waals surface area contributed by atoms with Gasteiger partial charge in [-0.3, -0.25) is 4.79 Å². The molecule has 0 unspecified atom stereocenters. The Balaban J connectivity index is 1.09. The lowest BCUT2D eigenvalue weighted by Gasteiger charge is -2.33. The van der Waals surface area contributed by atoms with Gasteiger partial charge in [-0.15, -0.1) is 11.3 Å². The summed E-state index contributed by atoms with van der Waals surface area (Å²) in [5, 5.41) is 15.7. The third-order valence-corrected chi connectivity index (χ3v) is 7.27. The summed E-state index contributed by atoms with van der Waals surface area (Å²) in [6.45, 7) is 1.79. The van der Waals surface area contributed by atoms with Crippen LogP contribution in [0, 0.1) is 0 Å². The van der Waals surface area contributed by atoms with Gasteiger partial charge in [0, 0.05) is 42.1 Å². The molecule has 38 heavy (non-hydrogen) atoms. The number of carbonyl (C=O) groups is 2. The van der Waals surface area contributed by atoms with Crippen molar-refractivity contribution in [3.05, 3.63) is 59.1 Å². The van der Waals surface area contributed by atoms with Gasteiger partial charge < -0.3 is 19.9 Å². The average molecular weight is 564 g/mol. The highest BCUT2D eigenvalue weighted by molar-refractivity contribution is 8.00. The molecule has 4 aromatic rings. The number of thiazole rings is 1. The van der Waals surface area contributed by atoms with Crippen LogP contribution in [0.4, 0.5) is 28.8 Å². The van der Waals surface area contributed by atoms with E-state index >= 15 is 0 Å². The molecule has 2 aromatic heterocycles. The fraction of sp³-hybridized carbons (Fsp3) is 0.261. The van der Waals surface area contributed by atoms with Gasteiger partial charge in [-0.25, -0.2) is 9.78 Å². The number of alkyl halides is 3. The largest absolute Gasteiger partial charge is 0.446 e. The number of anilines is 2. The number of benzene rings is 2. The second-order valence-electron chi connectivity index (χ2n) is 8.22. The molecule has 10 nitrogen and oxygen atoms in total. The van der Waals surface area contributed by atoms with Gasteiger partial charge in [0.2, 0.25) is 0 Å². The Kier molecular flexibility index (Phi) is 7.37. The predicted molar refractivity (Wildman–Crippen MR) is 136 cm³/mol. The third-order valence-electron chi connectivity index (χ3n) is 5.63. The second kappa shape index (κ2) is 10.9. The zero-order valence-corrected chi connectivity index (χ0v) is 21.2. The third kappa shape index (κ3) is 6.34. The zero-order valence-electron chi connectivity index (χ0n) is 19.6. The molecule has 5 rings (SSSR count). The lowest BCUT2D eigenvalue weighted by molar-refractivity contribution is -0.0328. The molecule has 198 valence electrons. The summed E-state index contributed by atoms with van der Waals surface area (Å²) in [4.78, 5) is 33.2. The van der Waals surface area contributed by atoms with E-state index in [1.807, 2.05) is 4.90 Å². The molecule has 15 heteroatoms. The van der Waals surface area contributed by atoms with Crippen LogP contribution in [0.1, 0.15) is 16.1 Å². The summed E-state index contributed by atoms with van der Waals surface area (Å²) in [5.41, 5.74) is -1.56. The Hall–Kier alpha value is -3.85. The molecule has 0 spiro atoms. The van der Waals surface area contributed by atoms with Crippen LogP contribution >= 0.6 is 23.1 Å². The number of ether oxygens (including phenoxy) is 1. The molecule has 0 saturated carbocycles. The van der Waals surface area contributed by atoms with Crippen molar-refractivity contribution in [3.8, 4) is 0 Å². The van der Waals surface area contributed by atoms with E-state index in [1.54, 1.807) is 28.5 Å². The number of nitrogens with one attached hydrogen (secondary N) is 2. The Morgan fingerprint density at radius 2 is 1.79 bits per heavy atom. The van der Waals surface area contributed by atoms with E-state index in [0.717, 1.165) is 0 Å². The number of nitrogens with zero attached hydrogens (tertiary/aromatic N) is 5. The van der Waals surface area contributed by atoms with Gasteiger partial charge in [-0.05, 0) is 47.7 Å². The number of aromatic nitrogens is 4. The van der Waals surface area contributed by atoms with Crippen molar-refractivity contribution in [2.45, 2.75) is 17.0 Å². The summed E-state index contributed by atoms with van der Waals surface area (Å²) >= 11 is 1.15. The smallest absolute Gasteiger partial charge is 0.445 e. The number of aromatic amines is 1. The van der Waals surface area contributed by atoms with Gasteiger partial charge >= 0.3 is 11.6 Å². The number of carbonyl (C=O) groups excluding carboxylic acids is 2. The number of hydrogen-bond acceptors (Lipinski definition) is 9.